The van der Waals surface area contributed by atoms with Crippen LogP contribution in [0.5, 0.6) is 0 Å². The highest BCUT2D eigenvalue weighted by Gasteiger charge is 2.14. The maximum Gasteiger partial charge on any atom is 0.229 e. The quantitative estimate of drug-likeness (QED) is 0.885. The number of carbonyl (C=O) groups is 1. The van der Waals surface area contributed by atoms with Gasteiger partial charge in [-0.25, -0.2) is 0 Å². The first-order valence-electron chi connectivity index (χ1n) is 6.86. The molecule has 1 aromatic carbocycles. The van der Waals surface area contributed by atoms with Gasteiger partial charge >= 0.3 is 0 Å². The van der Waals surface area contributed by atoms with Gasteiger partial charge in [0.2, 0.25) is 11.0 Å². The van der Waals surface area contributed by atoms with Gasteiger partial charge in [-0.15, -0.1) is 10.2 Å². The van der Waals surface area contributed by atoms with Gasteiger partial charge in [-0.05, 0) is 12.0 Å². The molecule has 1 heterocycles. The van der Waals surface area contributed by atoms with Crippen LogP contribution in [0.2, 0.25) is 0 Å². The van der Waals surface area contributed by atoms with Crippen LogP contribution in [0.1, 0.15) is 37.3 Å². The number of amides is 1. The molecule has 1 N–H and O–H groups in total. The van der Waals surface area contributed by atoms with Gasteiger partial charge in [-0.1, -0.05) is 61.9 Å². The number of hydrogen-bond donors (Lipinski definition) is 1. The molecule has 20 heavy (non-hydrogen) atoms. The minimum Gasteiger partial charge on any atom is -0.300 e. The largest absolute Gasteiger partial charge is 0.300 e. The Morgan fingerprint density at radius 2 is 2.05 bits per heavy atom. The summed E-state index contributed by atoms with van der Waals surface area (Å²) in [5, 5.41) is 12.5. The Balaban J connectivity index is 1.94. The summed E-state index contributed by atoms with van der Waals surface area (Å²) < 4.78 is 0. The molecule has 0 unspecified atom stereocenters. The first kappa shape index (κ1) is 14.7. The van der Waals surface area contributed by atoms with Crippen molar-refractivity contribution in [3.63, 3.8) is 0 Å². The lowest BCUT2D eigenvalue weighted by molar-refractivity contribution is -0.119. The Hall–Kier alpha value is -1.75. The Kier molecular flexibility index (Phi) is 5.24. The molecule has 2 aromatic rings. The maximum atomic E-state index is 11.9. The fourth-order valence-electron chi connectivity index (χ4n) is 1.94. The Bertz CT molecular complexity index is 553. The number of nitrogens with zero attached hydrogens (tertiary/aromatic N) is 2. The molecule has 0 saturated carbocycles. The average Bonchev–Trinajstić information content (AvgIpc) is 2.87. The molecule has 0 aliphatic carbocycles. The molecule has 0 saturated heterocycles. The van der Waals surface area contributed by atoms with Crippen LogP contribution in [-0.2, 0) is 11.2 Å². The predicted octanol–water partition coefficient (Wildman–Crippen LogP) is 3.50. The fraction of sp³-hybridized carbons (Fsp3) is 0.400. The molecule has 106 valence electrons. The van der Waals surface area contributed by atoms with Gasteiger partial charge < -0.3 is 5.32 Å². The van der Waals surface area contributed by atoms with Gasteiger partial charge in [0.1, 0.15) is 5.01 Å². The topological polar surface area (TPSA) is 54.9 Å². The summed E-state index contributed by atoms with van der Waals surface area (Å²) in [6.07, 6.45) is 2.64. The zero-order valence-electron chi connectivity index (χ0n) is 11.8. The summed E-state index contributed by atoms with van der Waals surface area (Å²) in [7, 11) is 0. The Morgan fingerprint density at radius 3 is 2.75 bits per heavy atom. The van der Waals surface area contributed by atoms with Crippen molar-refractivity contribution in [1.29, 1.82) is 0 Å². The minimum atomic E-state index is 0.0153. The van der Waals surface area contributed by atoms with Crippen molar-refractivity contribution in [2.24, 2.45) is 5.92 Å². The third-order valence-electron chi connectivity index (χ3n) is 3.06. The highest BCUT2D eigenvalue weighted by Crippen LogP contribution is 2.19. The molecule has 1 amide bonds. The van der Waals surface area contributed by atoms with Gasteiger partial charge in [0.15, 0.2) is 0 Å². The molecular formula is C15H19N3OS. The first-order chi connectivity index (χ1) is 9.69. The van der Waals surface area contributed by atoms with Gasteiger partial charge in [0.25, 0.3) is 0 Å². The van der Waals surface area contributed by atoms with Gasteiger partial charge in [-0.3, -0.25) is 4.79 Å². The van der Waals surface area contributed by atoms with Crippen LogP contribution in [0.15, 0.2) is 30.3 Å². The van der Waals surface area contributed by atoms with Crippen LogP contribution in [0.25, 0.3) is 0 Å². The van der Waals surface area contributed by atoms with Crippen molar-refractivity contribution in [1.82, 2.24) is 10.2 Å². The number of carbonyl (C=O) groups excluding carboxylic acids is 1. The van der Waals surface area contributed by atoms with Crippen LogP contribution in [-0.4, -0.2) is 16.1 Å². The molecule has 0 aliphatic heterocycles. The van der Waals surface area contributed by atoms with Gasteiger partial charge in [0, 0.05) is 12.3 Å². The standard InChI is InChI=1S/C15H19N3OS/c1-3-7-11(2)14(19)16-15-18-17-13(20-15)10-12-8-5-4-6-9-12/h4-6,8-9,11H,3,7,10H2,1-2H3,(H,16,18,19)/t11-/m1/s1. The van der Waals surface area contributed by atoms with Crippen molar-refractivity contribution in [3.05, 3.63) is 40.9 Å². The maximum absolute atomic E-state index is 11.9. The van der Waals surface area contributed by atoms with E-state index in [0.29, 0.717) is 5.13 Å². The number of aromatic nitrogens is 2. The van der Waals surface area contributed by atoms with E-state index in [1.165, 1.54) is 16.9 Å². The zero-order valence-corrected chi connectivity index (χ0v) is 12.6. The molecule has 0 radical (unpaired) electrons. The highest BCUT2D eigenvalue weighted by atomic mass is 32.1. The smallest absolute Gasteiger partial charge is 0.229 e. The lowest BCUT2D eigenvalue weighted by atomic mass is 10.1. The van der Waals surface area contributed by atoms with Crippen molar-refractivity contribution >= 4 is 22.4 Å². The molecule has 0 bridgehead atoms. The molecule has 1 aromatic heterocycles. The van der Waals surface area contributed by atoms with Crippen molar-refractivity contribution < 1.29 is 4.79 Å². The van der Waals surface area contributed by atoms with Crippen LogP contribution in [0.3, 0.4) is 0 Å². The summed E-state index contributed by atoms with van der Waals surface area (Å²) in [6.45, 7) is 4.01. The number of benzene rings is 1. The van der Waals surface area contributed by atoms with Crippen molar-refractivity contribution in [2.45, 2.75) is 33.1 Å². The van der Waals surface area contributed by atoms with E-state index >= 15 is 0 Å². The van der Waals surface area contributed by atoms with Crippen molar-refractivity contribution in [2.75, 3.05) is 5.32 Å². The van der Waals surface area contributed by atoms with Gasteiger partial charge in [-0.2, -0.15) is 0 Å². The lowest BCUT2D eigenvalue weighted by Crippen LogP contribution is -2.20. The van der Waals surface area contributed by atoms with Crippen LogP contribution >= 0.6 is 11.3 Å². The van der Waals surface area contributed by atoms with E-state index in [4.69, 9.17) is 0 Å². The monoisotopic (exact) mass is 289 g/mol. The molecule has 0 spiro atoms. The van der Waals surface area contributed by atoms with E-state index in [0.717, 1.165) is 24.3 Å². The summed E-state index contributed by atoms with van der Waals surface area (Å²) in [5.74, 6) is 0.0377. The third-order valence-corrected chi connectivity index (χ3v) is 3.90. The van der Waals surface area contributed by atoms with E-state index in [-0.39, 0.29) is 11.8 Å². The van der Waals surface area contributed by atoms with Crippen LogP contribution < -0.4 is 5.32 Å². The van der Waals surface area contributed by atoms with E-state index in [2.05, 4.69) is 34.6 Å². The van der Waals surface area contributed by atoms with E-state index in [1.807, 2.05) is 25.1 Å². The van der Waals surface area contributed by atoms with E-state index in [9.17, 15) is 4.79 Å². The number of rotatable bonds is 6. The Labute approximate surface area is 123 Å². The summed E-state index contributed by atoms with van der Waals surface area (Å²) in [5.41, 5.74) is 1.20. The second-order valence-electron chi connectivity index (χ2n) is 4.84. The number of nitrogens with one attached hydrogen (secondary N) is 1. The normalized spacial score (nSPS) is 12.1. The lowest BCUT2D eigenvalue weighted by Gasteiger charge is -2.07. The molecule has 2 rings (SSSR count). The van der Waals surface area contributed by atoms with E-state index < -0.39 is 0 Å². The fourth-order valence-corrected chi connectivity index (χ4v) is 2.72. The minimum absolute atomic E-state index is 0.0153. The average molecular weight is 289 g/mol. The second-order valence-corrected chi connectivity index (χ2v) is 5.90. The molecule has 4 nitrogen and oxygen atoms in total. The summed E-state index contributed by atoms with van der Waals surface area (Å²) in [6, 6.07) is 10.1. The molecule has 1 atom stereocenters. The highest BCUT2D eigenvalue weighted by molar-refractivity contribution is 7.15. The predicted molar refractivity (Wildman–Crippen MR) is 81.9 cm³/mol. The third kappa shape index (κ3) is 4.13. The molecular weight excluding hydrogens is 270 g/mol. The van der Waals surface area contributed by atoms with Crippen LogP contribution in [0, 0.1) is 5.92 Å². The van der Waals surface area contributed by atoms with Crippen LogP contribution in [0.4, 0.5) is 5.13 Å². The second kappa shape index (κ2) is 7.14. The number of hydrogen-bond acceptors (Lipinski definition) is 4. The summed E-state index contributed by atoms with van der Waals surface area (Å²) >= 11 is 1.44. The van der Waals surface area contributed by atoms with Crippen molar-refractivity contribution in [3.8, 4) is 0 Å². The molecule has 0 fully saturated rings. The number of anilines is 1. The van der Waals surface area contributed by atoms with Gasteiger partial charge in [0.05, 0.1) is 0 Å². The Morgan fingerprint density at radius 1 is 1.30 bits per heavy atom. The molecule has 0 aliphatic rings. The van der Waals surface area contributed by atoms with E-state index in [1.54, 1.807) is 0 Å². The summed E-state index contributed by atoms with van der Waals surface area (Å²) in [4.78, 5) is 11.9. The molecule has 5 heteroatoms. The first-order valence-corrected chi connectivity index (χ1v) is 7.68. The SMILES string of the molecule is CCC[C@@H](C)C(=O)Nc1nnc(Cc2ccccc2)s1. The zero-order chi connectivity index (χ0) is 14.4.